The van der Waals surface area contributed by atoms with E-state index in [9.17, 15) is 4.79 Å². The van der Waals surface area contributed by atoms with E-state index in [2.05, 4.69) is 61.2 Å². The zero-order valence-electron chi connectivity index (χ0n) is 19.1. The topological polar surface area (TPSA) is 64.3 Å². The van der Waals surface area contributed by atoms with Crippen LogP contribution in [0.1, 0.15) is 49.3 Å². The van der Waals surface area contributed by atoms with Crippen LogP contribution in [0.5, 0.6) is 0 Å². The van der Waals surface area contributed by atoms with Crippen molar-refractivity contribution in [3.63, 3.8) is 0 Å². The van der Waals surface area contributed by atoms with Crippen LogP contribution in [0.25, 0.3) is 17.2 Å². The van der Waals surface area contributed by atoms with Crippen LogP contribution < -0.4 is 4.90 Å². The summed E-state index contributed by atoms with van der Waals surface area (Å²) in [6, 6.07) is 25.0. The summed E-state index contributed by atoms with van der Waals surface area (Å²) in [4.78, 5) is 13.5. The molecule has 0 bridgehead atoms. The van der Waals surface area contributed by atoms with E-state index in [-0.39, 0.29) is 5.57 Å². The number of hydrogen-bond acceptors (Lipinski definition) is 3. The lowest BCUT2D eigenvalue weighted by molar-refractivity contribution is -0.132. The summed E-state index contributed by atoms with van der Waals surface area (Å²) in [5, 5.41) is 18.0. The molecule has 4 rings (SSSR count). The number of nitrogens with zero attached hydrogens (tertiary/aromatic N) is 2. The van der Waals surface area contributed by atoms with Crippen LogP contribution in [-0.4, -0.2) is 17.6 Å². The summed E-state index contributed by atoms with van der Waals surface area (Å²) in [6.45, 7) is 5.51. The molecular formula is C29H28N2O2. The van der Waals surface area contributed by atoms with E-state index in [1.165, 1.54) is 28.6 Å². The molecule has 1 heterocycles. The molecule has 0 aromatic heterocycles. The highest BCUT2D eigenvalue weighted by atomic mass is 16.4. The molecule has 1 N–H and O–H groups in total. The number of carboxylic acid groups (broad SMARTS) is 1. The van der Waals surface area contributed by atoms with Gasteiger partial charge in [0.05, 0.1) is 0 Å². The molecule has 33 heavy (non-hydrogen) atoms. The summed E-state index contributed by atoms with van der Waals surface area (Å²) in [7, 11) is 0. The fourth-order valence-corrected chi connectivity index (χ4v) is 4.34. The number of benzene rings is 3. The third kappa shape index (κ3) is 4.83. The Morgan fingerprint density at radius 1 is 1.09 bits per heavy atom. The second kappa shape index (κ2) is 9.75. The normalized spacial score (nSPS) is 14.3. The molecule has 0 radical (unpaired) electrons. The third-order valence-electron chi connectivity index (χ3n) is 6.49. The van der Waals surface area contributed by atoms with Crippen molar-refractivity contribution in [1.29, 1.82) is 5.26 Å². The number of rotatable bonds is 6. The molecule has 0 amide bonds. The van der Waals surface area contributed by atoms with Gasteiger partial charge in [-0.2, -0.15) is 5.26 Å². The maximum absolute atomic E-state index is 11.1. The summed E-state index contributed by atoms with van der Waals surface area (Å²) in [5.41, 5.74) is 7.86. The zero-order chi connectivity index (χ0) is 23.4. The van der Waals surface area contributed by atoms with Crippen molar-refractivity contribution >= 4 is 23.4 Å². The van der Waals surface area contributed by atoms with Crippen LogP contribution in [-0.2, 0) is 11.2 Å². The van der Waals surface area contributed by atoms with E-state index >= 15 is 0 Å². The van der Waals surface area contributed by atoms with Crippen molar-refractivity contribution in [2.75, 3.05) is 11.4 Å². The molecule has 1 atom stereocenters. The Morgan fingerprint density at radius 2 is 1.79 bits per heavy atom. The van der Waals surface area contributed by atoms with Crippen LogP contribution in [0.4, 0.5) is 11.4 Å². The van der Waals surface area contributed by atoms with Gasteiger partial charge in [-0.05, 0) is 83.3 Å². The average molecular weight is 437 g/mol. The first kappa shape index (κ1) is 22.4. The summed E-state index contributed by atoms with van der Waals surface area (Å²) in [6.07, 6.45) is 4.70. The van der Waals surface area contributed by atoms with E-state index in [4.69, 9.17) is 10.4 Å². The van der Waals surface area contributed by atoms with E-state index in [0.717, 1.165) is 36.9 Å². The number of aryl methyl sites for hydroxylation is 1. The Morgan fingerprint density at radius 3 is 2.42 bits per heavy atom. The molecule has 166 valence electrons. The van der Waals surface area contributed by atoms with Crippen molar-refractivity contribution in [3.05, 3.63) is 89.0 Å². The SMILES string of the molecule is CCC(C)c1ccc(N2CCCc3cc(-c4ccc(/C=C(\C#N)C(=O)O)cc4)ccc32)cc1. The highest BCUT2D eigenvalue weighted by Crippen LogP contribution is 2.36. The van der Waals surface area contributed by atoms with Crippen LogP contribution in [0, 0.1) is 11.3 Å². The van der Waals surface area contributed by atoms with Crippen molar-refractivity contribution in [2.24, 2.45) is 0 Å². The zero-order valence-corrected chi connectivity index (χ0v) is 19.1. The van der Waals surface area contributed by atoms with Crippen LogP contribution in [0.15, 0.2) is 72.3 Å². The molecule has 3 aromatic carbocycles. The maximum atomic E-state index is 11.1. The molecule has 1 aliphatic rings. The quantitative estimate of drug-likeness (QED) is 0.336. The van der Waals surface area contributed by atoms with Crippen LogP contribution in [0.3, 0.4) is 0 Å². The third-order valence-corrected chi connectivity index (χ3v) is 6.49. The predicted molar refractivity (Wildman–Crippen MR) is 134 cm³/mol. The molecular weight excluding hydrogens is 408 g/mol. The number of anilines is 2. The largest absolute Gasteiger partial charge is 0.477 e. The number of fused-ring (bicyclic) bond motifs is 1. The summed E-state index contributed by atoms with van der Waals surface area (Å²) in [5.74, 6) is -0.636. The van der Waals surface area contributed by atoms with Gasteiger partial charge in [-0.15, -0.1) is 0 Å². The Bertz CT molecular complexity index is 1220. The van der Waals surface area contributed by atoms with Crippen molar-refractivity contribution in [1.82, 2.24) is 0 Å². The number of carbonyl (C=O) groups is 1. The standard InChI is InChI=1S/C29H28N2O2/c1-3-20(2)22-10-13-27(14-11-22)31-16-4-5-25-18-24(12-15-28(25)31)23-8-6-21(7-9-23)17-26(19-30)29(32)33/h6-15,17-18,20H,3-5,16H2,1-2H3,(H,32,33)/b26-17+. The Labute approximate surface area is 195 Å². The minimum atomic E-state index is -1.21. The molecule has 0 fully saturated rings. The van der Waals surface area contributed by atoms with Crippen molar-refractivity contribution < 1.29 is 9.90 Å². The van der Waals surface area contributed by atoms with E-state index in [0.29, 0.717) is 11.5 Å². The lowest BCUT2D eigenvalue weighted by atomic mass is 9.94. The van der Waals surface area contributed by atoms with Crippen molar-refractivity contribution in [2.45, 2.75) is 39.0 Å². The minimum absolute atomic E-state index is 0.270. The van der Waals surface area contributed by atoms with Crippen LogP contribution in [0.2, 0.25) is 0 Å². The second-order valence-corrected chi connectivity index (χ2v) is 8.60. The summed E-state index contributed by atoms with van der Waals surface area (Å²) < 4.78 is 0. The lowest BCUT2D eigenvalue weighted by Crippen LogP contribution is -2.24. The number of aliphatic carboxylic acids is 1. The van der Waals surface area contributed by atoms with Gasteiger partial charge in [0.15, 0.2) is 0 Å². The minimum Gasteiger partial charge on any atom is -0.477 e. The molecule has 1 unspecified atom stereocenters. The van der Waals surface area contributed by atoms with Gasteiger partial charge < -0.3 is 10.0 Å². The Balaban J connectivity index is 1.59. The summed E-state index contributed by atoms with van der Waals surface area (Å²) >= 11 is 0. The smallest absolute Gasteiger partial charge is 0.346 e. The first-order valence-corrected chi connectivity index (χ1v) is 11.5. The van der Waals surface area contributed by atoms with E-state index in [1.54, 1.807) is 6.07 Å². The molecule has 3 aromatic rings. The van der Waals surface area contributed by atoms with Gasteiger partial charge in [0.1, 0.15) is 11.6 Å². The van der Waals surface area contributed by atoms with Crippen LogP contribution >= 0.6 is 0 Å². The number of nitriles is 1. The van der Waals surface area contributed by atoms with Gasteiger partial charge in [-0.25, -0.2) is 4.79 Å². The molecule has 0 saturated heterocycles. The van der Waals surface area contributed by atoms with Gasteiger partial charge in [-0.3, -0.25) is 0 Å². The van der Waals surface area contributed by atoms with Gasteiger partial charge in [-0.1, -0.05) is 56.3 Å². The first-order chi connectivity index (χ1) is 16.0. The first-order valence-electron chi connectivity index (χ1n) is 11.5. The average Bonchev–Trinajstić information content (AvgIpc) is 2.86. The fraction of sp³-hybridized carbons (Fsp3) is 0.241. The fourth-order valence-electron chi connectivity index (χ4n) is 4.34. The maximum Gasteiger partial charge on any atom is 0.346 e. The lowest BCUT2D eigenvalue weighted by Gasteiger charge is -2.32. The van der Waals surface area contributed by atoms with Crippen molar-refractivity contribution in [3.8, 4) is 17.2 Å². The van der Waals surface area contributed by atoms with E-state index in [1.807, 2.05) is 24.3 Å². The Hall–Kier alpha value is -3.84. The second-order valence-electron chi connectivity index (χ2n) is 8.60. The number of carboxylic acids is 1. The van der Waals surface area contributed by atoms with Gasteiger partial charge in [0, 0.05) is 17.9 Å². The van der Waals surface area contributed by atoms with Gasteiger partial charge >= 0.3 is 5.97 Å². The number of hydrogen-bond donors (Lipinski definition) is 1. The molecule has 0 saturated carbocycles. The highest BCUT2D eigenvalue weighted by Gasteiger charge is 2.19. The van der Waals surface area contributed by atoms with E-state index < -0.39 is 5.97 Å². The molecule has 1 aliphatic heterocycles. The molecule has 0 aliphatic carbocycles. The molecule has 4 heteroatoms. The van der Waals surface area contributed by atoms with Gasteiger partial charge in [0.25, 0.3) is 0 Å². The van der Waals surface area contributed by atoms with Gasteiger partial charge in [0.2, 0.25) is 0 Å². The highest BCUT2D eigenvalue weighted by molar-refractivity contribution is 5.96. The predicted octanol–water partition coefficient (Wildman–Crippen LogP) is 6.94. The monoisotopic (exact) mass is 436 g/mol. The molecule has 0 spiro atoms. The Kier molecular flexibility index (Phi) is 6.60. The molecule has 4 nitrogen and oxygen atoms in total.